The maximum atomic E-state index is 13.1. The number of hydrogen-bond donors (Lipinski definition) is 2. The quantitative estimate of drug-likeness (QED) is 0.524. The van der Waals surface area contributed by atoms with Crippen molar-refractivity contribution in [3.63, 3.8) is 0 Å². The first kappa shape index (κ1) is 21.2. The van der Waals surface area contributed by atoms with E-state index < -0.39 is 0 Å². The van der Waals surface area contributed by atoms with Gasteiger partial charge in [0.1, 0.15) is 17.0 Å². The van der Waals surface area contributed by atoms with E-state index in [0.717, 1.165) is 36.7 Å². The van der Waals surface area contributed by atoms with Crippen LogP contribution in [0, 0.1) is 17.3 Å². The summed E-state index contributed by atoms with van der Waals surface area (Å²) in [6.45, 7) is 4.70. The third-order valence-corrected chi connectivity index (χ3v) is 6.92. The molecule has 2 saturated carbocycles. The highest BCUT2D eigenvalue weighted by molar-refractivity contribution is 5.95. The van der Waals surface area contributed by atoms with Crippen molar-refractivity contribution in [2.45, 2.75) is 32.2 Å². The van der Waals surface area contributed by atoms with Gasteiger partial charge in [-0.15, -0.1) is 5.73 Å². The average molecular weight is 442 g/mol. The molecule has 2 fully saturated rings. The van der Waals surface area contributed by atoms with E-state index in [1.165, 1.54) is 6.42 Å². The van der Waals surface area contributed by atoms with Crippen LogP contribution in [0.3, 0.4) is 0 Å². The van der Waals surface area contributed by atoms with Gasteiger partial charge in [-0.25, -0.2) is 4.98 Å². The smallest absolute Gasteiger partial charge is 0.271 e. The van der Waals surface area contributed by atoms with E-state index in [9.17, 15) is 9.59 Å². The number of rotatable bonds is 8. The second kappa shape index (κ2) is 8.68. The lowest BCUT2D eigenvalue weighted by Gasteiger charge is -2.30. The molecule has 2 aliphatic rings. The highest BCUT2D eigenvalue weighted by atomic mass is 16.2. The van der Waals surface area contributed by atoms with Crippen LogP contribution in [-0.2, 0) is 6.54 Å². The molecule has 7 heteroatoms. The fraction of sp³-hybridized carbons (Fsp3) is 0.346. The molecule has 0 aromatic carbocycles. The van der Waals surface area contributed by atoms with Crippen molar-refractivity contribution in [1.29, 1.82) is 0 Å². The minimum atomic E-state index is -0.290. The number of allylic oxidation sites excluding steroid dienone is 1. The molecule has 0 bridgehead atoms. The number of amides is 2. The Morgan fingerprint density at radius 3 is 2.70 bits per heavy atom. The zero-order valence-corrected chi connectivity index (χ0v) is 18.5. The molecule has 2 aliphatic carbocycles. The fourth-order valence-corrected chi connectivity index (χ4v) is 5.11. The van der Waals surface area contributed by atoms with Crippen molar-refractivity contribution >= 4 is 17.5 Å². The van der Waals surface area contributed by atoms with Crippen LogP contribution in [0.5, 0.6) is 0 Å². The van der Waals surface area contributed by atoms with Crippen molar-refractivity contribution < 1.29 is 9.59 Å². The number of carbonyl (C=O) groups is 2. The van der Waals surface area contributed by atoms with Crippen LogP contribution in [0.4, 0.5) is 0 Å². The normalized spacial score (nSPS) is 22.9. The fourth-order valence-electron chi connectivity index (χ4n) is 5.11. The molecule has 0 saturated heterocycles. The van der Waals surface area contributed by atoms with Crippen LogP contribution in [0.1, 0.15) is 52.2 Å². The van der Waals surface area contributed by atoms with Crippen LogP contribution in [0.25, 0.3) is 5.65 Å². The lowest BCUT2D eigenvalue weighted by atomic mass is 9.79. The number of hydrogen-bond acceptors (Lipinski definition) is 4. The van der Waals surface area contributed by atoms with Gasteiger partial charge >= 0.3 is 0 Å². The zero-order chi connectivity index (χ0) is 22.8. The lowest BCUT2D eigenvalue weighted by molar-refractivity contribution is 0.0917. The monoisotopic (exact) mass is 441 g/mol. The number of fused-ring (bicyclic) bond motifs is 2. The summed E-state index contributed by atoms with van der Waals surface area (Å²) in [4.78, 5) is 34.1. The van der Waals surface area contributed by atoms with Gasteiger partial charge < -0.3 is 10.6 Å². The van der Waals surface area contributed by atoms with Crippen LogP contribution >= 0.6 is 0 Å². The summed E-state index contributed by atoms with van der Waals surface area (Å²) in [5.74, 6) is 1.17. The molecule has 0 aliphatic heterocycles. The van der Waals surface area contributed by atoms with Gasteiger partial charge in [-0.1, -0.05) is 12.6 Å². The van der Waals surface area contributed by atoms with Crippen LogP contribution in [0.2, 0.25) is 0 Å². The Kier molecular flexibility index (Phi) is 5.56. The Hall–Kier alpha value is -3.70. The van der Waals surface area contributed by atoms with Gasteiger partial charge in [0.15, 0.2) is 0 Å². The molecule has 0 radical (unpaired) electrons. The van der Waals surface area contributed by atoms with Gasteiger partial charge in [0, 0.05) is 31.7 Å². The SMILES string of the molecule is C=C=CCC1(CNC(=O)c2cccc3nc(C(=O)NCc4ccncc4)cn23)CC2CC2C1. The molecule has 7 nitrogen and oxygen atoms in total. The number of nitrogens with one attached hydrogen (secondary N) is 2. The summed E-state index contributed by atoms with van der Waals surface area (Å²) in [7, 11) is 0. The van der Waals surface area contributed by atoms with Gasteiger partial charge in [0.2, 0.25) is 0 Å². The molecule has 5 rings (SSSR count). The van der Waals surface area contributed by atoms with Gasteiger partial charge in [-0.3, -0.25) is 19.0 Å². The number of aromatic nitrogens is 3. The number of pyridine rings is 2. The highest BCUT2D eigenvalue weighted by Gasteiger charge is 2.53. The molecular formula is C26H27N5O2. The van der Waals surface area contributed by atoms with E-state index in [1.807, 2.05) is 18.2 Å². The van der Waals surface area contributed by atoms with Crippen LogP contribution in [0.15, 0.2) is 67.3 Å². The van der Waals surface area contributed by atoms with Crippen molar-refractivity contribution in [3.05, 3.63) is 84.3 Å². The first-order valence-corrected chi connectivity index (χ1v) is 11.3. The second-order valence-electron chi connectivity index (χ2n) is 9.26. The van der Waals surface area contributed by atoms with Gasteiger partial charge in [-0.05, 0) is 78.8 Å². The highest BCUT2D eigenvalue weighted by Crippen LogP contribution is 2.61. The predicted molar refractivity (Wildman–Crippen MR) is 125 cm³/mol. The standard InChI is InChI=1S/C26H27N5O2/c1-2-3-9-26(13-19-12-20(19)14-26)17-29-25(33)22-5-4-6-23-30-21(16-31(22)23)24(32)28-15-18-7-10-27-11-8-18/h3-8,10-11,16,19-20H,1,9,12-15,17H2,(H,28,32)(H,29,33). The first-order valence-electron chi connectivity index (χ1n) is 11.3. The topological polar surface area (TPSA) is 88.4 Å². The Bertz CT molecular complexity index is 1230. The molecule has 168 valence electrons. The van der Waals surface area contributed by atoms with Crippen molar-refractivity contribution in [2.24, 2.45) is 17.3 Å². The van der Waals surface area contributed by atoms with E-state index in [2.05, 4.69) is 32.9 Å². The van der Waals surface area contributed by atoms with Crippen LogP contribution < -0.4 is 10.6 Å². The largest absolute Gasteiger partial charge is 0.350 e. The predicted octanol–water partition coefficient (Wildman–Crippen LogP) is 3.54. The van der Waals surface area contributed by atoms with E-state index >= 15 is 0 Å². The van der Waals surface area contributed by atoms with Crippen LogP contribution in [-0.4, -0.2) is 32.7 Å². The molecule has 2 unspecified atom stereocenters. The minimum absolute atomic E-state index is 0.0920. The molecule has 3 heterocycles. The van der Waals surface area contributed by atoms with E-state index in [0.29, 0.717) is 24.4 Å². The van der Waals surface area contributed by atoms with E-state index in [4.69, 9.17) is 0 Å². The summed E-state index contributed by atoms with van der Waals surface area (Å²) < 4.78 is 1.68. The Labute approximate surface area is 192 Å². The molecule has 2 N–H and O–H groups in total. The summed E-state index contributed by atoms with van der Waals surface area (Å²) in [5.41, 5.74) is 5.22. The maximum Gasteiger partial charge on any atom is 0.271 e. The molecule has 3 aromatic rings. The first-order chi connectivity index (χ1) is 16.1. The Balaban J connectivity index is 1.29. The number of carbonyl (C=O) groups excluding carboxylic acids is 2. The summed E-state index contributed by atoms with van der Waals surface area (Å²) in [6.07, 6.45) is 11.5. The van der Waals surface area contributed by atoms with Gasteiger partial charge in [-0.2, -0.15) is 0 Å². The maximum absolute atomic E-state index is 13.1. The third kappa shape index (κ3) is 4.45. The van der Waals surface area contributed by atoms with Gasteiger partial charge in [0.25, 0.3) is 11.8 Å². The Morgan fingerprint density at radius 2 is 1.94 bits per heavy atom. The second-order valence-corrected chi connectivity index (χ2v) is 9.26. The molecule has 2 amide bonds. The molecular weight excluding hydrogens is 414 g/mol. The molecule has 3 aromatic heterocycles. The molecule has 0 spiro atoms. The third-order valence-electron chi connectivity index (χ3n) is 6.92. The number of nitrogens with zero attached hydrogens (tertiary/aromatic N) is 3. The summed E-state index contributed by atoms with van der Waals surface area (Å²) >= 11 is 0. The minimum Gasteiger partial charge on any atom is -0.350 e. The molecule has 2 atom stereocenters. The summed E-state index contributed by atoms with van der Waals surface area (Å²) in [5, 5.41) is 6.01. The van der Waals surface area contributed by atoms with Crippen molar-refractivity contribution in [2.75, 3.05) is 6.54 Å². The Morgan fingerprint density at radius 1 is 1.15 bits per heavy atom. The summed E-state index contributed by atoms with van der Waals surface area (Å²) in [6, 6.07) is 9.02. The molecule has 33 heavy (non-hydrogen) atoms. The zero-order valence-electron chi connectivity index (χ0n) is 18.5. The van der Waals surface area contributed by atoms with Crippen molar-refractivity contribution in [3.8, 4) is 0 Å². The van der Waals surface area contributed by atoms with E-state index in [-0.39, 0.29) is 22.9 Å². The lowest BCUT2D eigenvalue weighted by Crippen LogP contribution is -2.37. The van der Waals surface area contributed by atoms with E-state index in [1.54, 1.807) is 41.2 Å². The van der Waals surface area contributed by atoms with Gasteiger partial charge in [0.05, 0.1) is 0 Å². The average Bonchev–Trinajstić information content (AvgIpc) is 3.25. The van der Waals surface area contributed by atoms with Crippen molar-refractivity contribution in [1.82, 2.24) is 25.0 Å². The number of imidazole rings is 1.